The normalized spacial score (nSPS) is 15.8. The van der Waals surface area contributed by atoms with Crippen LogP contribution in [-0.4, -0.2) is 68.0 Å². The summed E-state index contributed by atoms with van der Waals surface area (Å²) in [6.45, 7) is 5.84. The molecule has 7 heteroatoms. The Kier molecular flexibility index (Phi) is 5.97. The number of ether oxygens (including phenoxy) is 1. The summed E-state index contributed by atoms with van der Waals surface area (Å²) < 4.78 is 10.4. The second-order valence-corrected chi connectivity index (χ2v) is 5.22. The minimum absolute atomic E-state index is 0.0255. The highest BCUT2D eigenvalue weighted by atomic mass is 16.5. The van der Waals surface area contributed by atoms with Crippen LogP contribution in [0.25, 0.3) is 0 Å². The van der Waals surface area contributed by atoms with Crippen LogP contribution in [0.4, 0.5) is 0 Å². The zero-order valence-corrected chi connectivity index (χ0v) is 13.1. The van der Waals surface area contributed by atoms with Crippen LogP contribution in [0.1, 0.15) is 23.2 Å². The lowest BCUT2D eigenvalue weighted by Crippen LogP contribution is -2.51. The fourth-order valence-corrected chi connectivity index (χ4v) is 2.43. The smallest absolute Gasteiger partial charge is 0.289 e. The number of hydrogen-bond donors (Lipinski definition) is 1. The lowest BCUT2D eigenvalue weighted by atomic mass is 10.3. The van der Waals surface area contributed by atoms with Crippen molar-refractivity contribution >= 4 is 11.8 Å². The monoisotopic (exact) mass is 309 g/mol. The van der Waals surface area contributed by atoms with Gasteiger partial charge in [-0.25, -0.2) is 0 Å². The molecule has 0 atom stereocenters. The third kappa shape index (κ3) is 4.32. The molecule has 2 rings (SSSR count). The highest BCUT2D eigenvalue weighted by molar-refractivity contribution is 5.91. The second kappa shape index (κ2) is 7.95. The number of likely N-dealkylation sites (N-methyl/N-ethyl adjacent to an activating group) is 1. The molecule has 0 unspecified atom stereocenters. The molecule has 1 N–H and O–H groups in total. The van der Waals surface area contributed by atoms with Crippen molar-refractivity contribution in [2.75, 3.05) is 46.4 Å². The van der Waals surface area contributed by atoms with Gasteiger partial charge in [0.15, 0.2) is 5.76 Å². The van der Waals surface area contributed by atoms with Gasteiger partial charge in [0.1, 0.15) is 12.4 Å². The first kappa shape index (κ1) is 16.5. The number of amides is 2. The average Bonchev–Trinajstić information content (AvgIpc) is 2.96. The summed E-state index contributed by atoms with van der Waals surface area (Å²) in [5.41, 5.74) is 0. The predicted molar refractivity (Wildman–Crippen MR) is 80.4 cm³/mol. The largest absolute Gasteiger partial charge is 0.453 e. The first-order valence-corrected chi connectivity index (χ1v) is 7.50. The van der Waals surface area contributed by atoms with Crippen molar-refractivity contribution in [2.24, 2.45) is 0 Å². The molecule has 0 saturated carbocycles. The number of piperazine rings is 1. The maximum atomic E-state index is 12.3. The SMILES string of the molecule is CCNC(=O)CN1CCN(C(=O)c2ccc(COC)o2)CC1. The maximum Gasteiger partial charge on any atom is 0.289 e. The number of rotatable bonds is 6. The number of nitrogens with one attached hydrogen (secondary N) is 1. The Hall–Kier alpha value is -1.86. The van der Waals surface area contributed by atoms with Crippen molar-refractivity contribution in [3.8, 4) is 0 Å². The van der Waals surface area contributed by atoms with E-state index in [4.69, 9.17) is 9.15 Å². The summed E-state index contributed by atoms with van der Waals surface area (Å²) in [6, 6.07) is 3.43. The predicted octanol–water partition coefficient (Wildman–Crippen LogP) is 0.320. The van der Waals surface area contributed by atoms with E-state index in [1.54, 1.807) is 24.1 Å². The Morgan fingerprint density at radius 1 is 1.27 bits per heavy atom. The Morgan fingerprint density at radius 3 is 2.64 bits per heavy atom. The molecule has 1 aliphatic rings. The number of furan rings is 1. The number of carbonyl (C=O) groups excluding carboxylic acids is 2. The van der Waals surface area contributed by atoms with Gasteiger partial charge in [0.25, 0.3) is 5.91 Å². The van der Waals surface area contributed by atoms with Gasteiger partial charge in [0.2, 0.25) is 5.91 Å². The molecule has 0 aromatic carbocycles. The van der Waals surface area contributed by atoms with Crippen LogP contribution >= 0.6 is 0 Å². The molecule has 1 saturated heterocycles. The van der Waals surface area contributed by atoms with E-state index in [2.05, 4.69) is 5.32 Å². The highest BCUT2D eigenvalue weighted by Gasteiger charge is 2.25. The van der Waals surface area contributed by atoms with Crippen molar-refractivity contribution in [1.82, 2.24) is 15.1 Å². The van der Waals surface area contributed by atoms with Crippen LogP contribution in [0.2, 0.25) is 0 Å². The van der Waals surface area contributed by atoms with Gasteiger partial charge in [-0.15, -0.1) is 0 Å². The van der Waals surface area contributed by atoms with Gasteiger partial charge in [0.05, 0.1) is 6.54 Å². The summed E-state index contributed by atoms with van der Waals surface area (Å²) in [6.07, 6.45) is 0. The third-order valence-electron chi connectivity index (χ3n) is 3.56. The van der Waals surface area contributed by atoms with Gasteiger partial charge in [-0.3, -0.25) is 14.5 Å². The molecular formula is C15H23N3O4. The van der Waals surface area contributed by atoms with E-state index >= 15 is 0 Å². The first-order valence-electron chi connectivity index (χ1n) is 7.50. The number of hydrogen-bond acceptors (Lipinski definition) is 5. The third-order valence-corrected chi connectivity index (χ3v) is 3.56. The van der Waals surface area contributed by atoms with Gasteiger partial charge in [-0.05, 0) is 19.1 Å². The number of nitrogens with zero attached hydrogens (tertiary/aromatic N) is 2. The van der Waals surface area contributed by atoms with Gasteiger partial charge < -0.3 is 19.4 Å². The van der Waals surface area contributed by atoms with Crippen LogP contribution in [0.15, 0.2) is 16.5 Å². The van der Waals surface area contributed by atoms with E-state index in [1.165, 1.54) is 0 Å². The van der Waals surface area contributed by atoms with Crippen molar-refractivity contribution in [3.05, 3.63) is 23.7 Å². The quantitative estimate of drug-likeness (QED) is 0.819. The summed E-state index contributed by atoms with van der Waals surface area (Å²) in [4.78, 5) is 27.7. The molecule has 1 aromatic rings. The fourth-order valence-electron chi connectivity index (χ4n) is 2.43. The summed E-state index contributed by atoms with van der Waals surface area (Å²) >= 11 is 0. The molecule has 22 heavy (non-hydrogen) atoms. The highest BCUT2D eigenvalue weighted by Crippen LogP contribution is 2.13. The average molecular weight is 309 g/mol. The van der Waals surface area contributed by atoms with E-state index in [0.29, 0.717) is 57.4 Å². The fraction of sp³-hybridized carbons (Fsp3) is 0.600. The Labute approximate surface area is 130 Å². The minimum Gasteiger partial charge on any atom is -0.453 e. The lowest BCUT2D eigenvalue weighted by molar-refractivity contribution is -0.122. The Bertz CT molecular complexity index is 507. The number of carbonyl (C=O) groups is 2. The topological polar surface area (TPSA) is 75.0 Å². The molecule has 1 fully saturated rings. The molecule has 2 amide bonds. The van der Waals surface area contributed by atoms with Crippen LogP contribution < -0.4 is 5.32 Å². The number of methoxy groups -OCH3 is 1. The first-order chi connectivity index (χ1) is 10.6. The van der Waals surface area contributed by atoms with Crippen molar-refractivity contribution in [2.45, 2.75) is 13.5 Å². The van der Waals surface area contributed by atoms with Gasteiger partial charge in [-0.1, -0.05) is 0 Å². The van der Waals surface area contributed by atoms with Crippen LogP contribution in [-0.2, 0) is 16.1 Å². The standard InChI is InChI=1S/C15H23N3O4/c1-3-16-14(19)10-17-6-8-18(9-7-17)15(20)13-5-4-12(22-13)11-21-2/h4-5H,3,6-11H2,1-2H3,(H,16,19). The van der Waals surface area contributed by atoms with Crippen LogP contribution in [0.5, 0.6) is 0 Å². The molecule has 0 spiro atoms. The molecule has 2 heterocycles. The molecule has 1 aliphatic heterocycles. The summed E-state index contributed by atoms with van der Waals surface area (Å²) in [5.74, 6) is 0.891. The zero-order valence-electron chi connectivity index (χ0n) is 13.1. The van der Waals surface area contributed by atoms with Gasteiger partial charge in [0, 0.05) is 39.8 Å². The molecule has 0 radical (unpaired) electrons. The van der Waals surface area contributed by atoms with Crippen molar-refractivity contribution in [1.29, 1.82) is 0 Å². The molecule has 122 valence electrons. The molecule has 7 nitrogen and oxygen atoms in total. The molecule has 0 aliphatic carbocycles. The van der Waals surface area contributed by atoms with E-state index in [9.17, 15) is 9.59 Å². The molecule has 0 bridgehead atoms. The van der Waals surface area contributed by atoms with Gasteiger partial charge in [-0.2, -0.15) is 0 Å². The van der Waals surface area contributed by atoms with Crippen molar-refractivity contribution in [3.63, 3.8) is 0 Å². The van der Waals surface area contributed by atoms with Crippen LogP contribution in [0, 0.1) is 0 Å². The van der Waals surface area contributed by atoms with Crippen molar-refractivity contribution < 1.29 is 18.7 Å². The lowest BCUT2D eigenvalue weighted by Gasteiger charge is -2.33. The maximum absolute atomic E-state index is 12.3. The molecular weight excluding hydrogens is 286 g/mol. The zero-order chi connectivity index (χ0) is 15.9. The second-order valence-electron chi connectivity index (χ2n) is 5.22. The van der Waals surface area contributed by atoms with E-state index < -0.39 is 0 Å². The summed E-state index contributed by atoms with van der Waals surface area (Å²) in [5, 5.41) is 2.78. The van der Waals surface area contributed by atoms with E-state index in [-0.39, 0.29) is 11.8 Å². The Morgan fingerprint density at radius 2 is 2.00 bits per heavy atom. The minimum atomic E-state index is -0.111. The van der Waals surface area contributed by atoms with E-state index in [1.807, 2.05) is 11.8 Å². The summed E-state index contributed by atoms with van der Waals surface area (Å²) in [7, 11) is 1.58. The van der Waals surface area contributed by atoms with Gasteiger partial charge >= 0.3 is 0 Å². The molecule has 1 aromatic heterocycles. The van der Waals surface area contributed by atoms with Crippen LogP contribution in [0.3, 0.4) is 0 Å². The Balaban J connectivity index is 1.82. The van der Waals surface area contributed by atoms with E-state index in [0.717, 1.165) is 0 Å².